The lowest BCUT2D eigenvalue weighted by Crippen LogP contribution is -2.22. The van der Waals surface area contributed by atoms with Crippen LogP contribution in [0.2, 0.25) is 0 Å². The minimum atomic E-state index is 0.428. The molecule has 0 radical (unpaired) electrons. The number of fused-ring (bicyclic) bond motifs is 1. The van der Waals surface area contributed by atoms with Gasteiger partial charge in [0.1, 0.15) is 0 Å². The van der Waals surface area contributed by atoms with Crippen LogP contribution >= 0.6 is 0 Å². The van der Waals surface area contributed by atoms with Crippen LogP contribution in [0.15, 0.2) is 18.2 Å². The summed E-state index contributed by atoms with van der Waals surface area (Å²) < 4.78 is 5.41. The van der Waals surface area contributed by atoms with Crippen molar-refractivity contribution in [2.24, 2.45) is 0 Å². The third kappa shape index (κ3) is 3.48. The molecule has 0 bridgehead atoms. The molecule has 3 heteroatoms. The second-order valence-electron chi connectivity index (χ2n) is 5.19. The summed E-state index contributed by atoms with van der Waals surface area (Å²) in [5, 5.41) is 3.30. The number of nitrogens with one attached hydrogen (secondary N) is 1. The second-order valence-corrected chi connectivity index (χ2v) is 5.19. The lowest BCUT2D eigenvalue weighted by molar-refractivity contribution is 0.146. The molecule has 1 aliphatic rings. The highest BCUT2D eigenvalue weighted by atomic mass is 16.5. The zero-order valence-corrected chi connectivity index (χ0v) is 12.4. The summed E-state index contributed by atoms with van der Waals surface area (Å²) in [7, 11) is 2.01. The molecule has 3 nitrogen and oxygen atoms in total. The maximum Gasteiger partial charge on any atom is 0.0482 e. The van der Waals surface area contributed by atoms with Crippen molar-refractivity contribution in [3.63, 3.8) is 0 Å². The molecule has 0 spiro atoms. The van der Waals surface area contributed by atoms with Gasteiger partial charge in [-0.2, -0.15) is 0 Å². The van der Waals surface area contributed by atoms with E-state index in [1.54, 1.807) is 0 Å². The van der Waals surface area contributed by atoms with E-state index in [-0.39, 0.29) is 0 Å². The number of ether oxygens (including phenoxy) is 1. The topological polar surface area (TPSA) is 24.5 Å². The average Bonchev–Trinajstić information content (AvgIpc) is 2.85. The predicted molar refractivity (Wildman–Crippen MR) is 80.9 cm³/mol. The second kappa shape index (κ2) is 6.92. The molecule has 0 aromatic heterocycles. The Morgan fingerprint density at radius 2 is 2.26 bits per heavy atom. The van der Waals surface area contributed by atoms with E-state index in [9.17, 15) is 0 Å². The summed E-state index contributed by atoms with van der Waals surface area (Å²) in [5.74, 6) is 0. The van der Waals surface area contributed by atoms with Crippen molar-refractivity contribution >= 4 is 5.69 Å². The molecule has 0 amide bonds. The molecule has 2 rings (SSSR count). The molecule has 1 atom stereocenters. The molecule has 1 aromatic carbocycles. The number of anilines is 1. The molecular weight excluding hydrogens is 236 g/mol. The summed E-state index contributed by atoms with van der Waals surface area (Å²) in [4.78, 5) is 2.49. The Bertz CT molecular complexity index is 406. The van der Waals surface area contributed by atoms with E-state index < -0.39 is 0 Å². The van der Waals surface area contributed by atoms with Gasteiger partial charge < -0.3 is 15.0 Å². The molecule has 1 heterocycles. The highest BCUT2D eigenvalue weighted by Gasteiger charge is 2.19. The summed E-state index contributed by atoms with van der Waals surface area (Å²) in [6, 6.07) is 7.32. The monoisotopic (exact) mass is 262 g/mol. The van der Waals surface area contributed by atoms with Crippen LogP contribution in [0, 0.1) is 0 Å². The van der Waals surface area contributed by atoms with Gasteiger partial charge in [0.05, 0.1) is 0 Å². The van der Waals surface area contributed by atoms with Gasteiger partial charge in [-0.05, 0) is 50.9 Å². The molecule has 1 unspecified atom stereocenters. The van der Waals surface area contributed by atoms with Crippen molar-refractivity contribution < 1.29 is 4.74 Å². The minimum absolute atomic E-state index is 0.428. The van der Waals surface area contributed by atoms with Crippen molar-refractivity contribution in [1.29, 1.82) is 0 Å². The zero-order valence-electron chi connectivity index (χ0n) is 12.4. The average molecular weight is 262 g/mol. The van der Waals surface area contributed by atoms with E-state index in [0.29, 0.717) is 6.04 Å². The van der Waals surface area contributed by atoms with E-state index >= 15 is 0 Å². The molecule has 1 N–H and O–H groups in total. The summed E-state index contributed by atoms with van der Waals surface area (Å²) in [6.07, 6.45) is 2.29. The number of nitrogens with zero attached hydrogens (tertiary/aromatic N) is 1. The van der Waals surface area contributed by atoms with Crippen LogP contribution in [0.25, 0.3) is 0 Å². The minimum Gasteiger partial charge on any atom is -0.382 e. The van der Waals surface area contributed by atoms with Crippen molar-refractivity contribution in [1.82, 2.24) is 5.32 Å². The molecule has 0 aliphatic carbocycles. The SMILES string of the molecule is CCOCCCN1CCc2cc(C(C)NC)ccc21. The Balaban J connectivity index is 1.97. The first kappa shape index (κ1) is 14.4. The third-order valence-corrected chi connectivity index (χ3v) is 3.95. The van der Waals surface area contributed by atoms with E-state index in [1.807, 2.05) is 7.05 Å². The first-order chi connectivity index (χ1) is 9.26. The van der Waals surface area contributed by atoms with Gasteiger partial charge in [-0.15, -0.1) is 0 Å². The Morgan fingerprint density at radius 1 is 1.42 bits per heavy atom. The molecule has 0 saturated heterocycles. The lowest BCUT2D eigenvalue weighted by Gasteiger charge is -2.20. The fourth-order valence-corrected chi connectivity index (χ4v) is 2.66. The number of benzene rings is 1. The molecule has 0 fully saturated rings. The number of rotatable bonds is 7. The molecule has 106 valence electrons. The van der Waals surface area contributed by atoms with Gasteiger partial charge in [0.25, 0.3) is 0 Å². The van der Waals surface area contributed by atoms with Crippen molar-refractivity contribution in [2.75, 3.05) is 38.3 Å². The predicted octanol–water partition coefficient (Wildman–Crippen LogP) is 2.76. The number of hydrogen-bond acceptors (Lipinski definition) is 3. The van der Waals surface area contributed by atoms with Gasteiger partial charge >= 0.3 is 0 Å². The van der Waals surface area contributed by atoms with Crippen LogP contribution in [-0.4, -0.2) is 33.4 Å². The molecule has 1 aromatic rings. The molecular formula is C16H26N2O. The first-order valence-corrected chi connectivity index (χ1v) is 7.39. The van der Waals surface area contributed by atoms with Gasteiger partial charge in [0.15, 0.2) is 0 Å². The van der Waals surface area contributed by atoms with Crippen LogP contribution in [0.5, 0.6) is 0 Å². The normalized spacial score (nSPS) is 15.6. The van der Waals surface area contributed by atoms with Gasteiger partial charge in [-0.3, -0.25) is 0 Å². The van der Waals surface area contributed by atoms with Gasteiger partial charge in [0.2, 0.25) is 0 Å². The van der Waals surface area contributed by atoms with Crippen molar-refractivity contribution in [3.8, 4) is 0 Å². The Hall–Kier alpha value is -1.06. The summed E-state index contributed by atoms with van der Waals surface area (Å²) in [6.45, 7) is 8.21. The maximum absolute atomic E-state index is 5.41. The van der Waals surface area contributed by atoms with E-state index in [2.05, 4.69) is 42.3 Å². The van der Waals surface area contributed by atoms with Crippen LogP contribution < -0.4 is 10.2 Å². The van der Waals surface area contributed by atoms with Gasteiger partial charge in [-0.1, -0.05) is 12.1 Å². The van der Waals surface area contributed by atoms with Crippen LogP contribution in [0.3, 0.4) is 0 Å². The van der Waals surface area contributed by atoms with Crippen molar-refractivity contribution in [3.05, 3.63) is 29.3 Å². The fraction of sp³-hybridized carbons (Fsp3) is 0.625. The van der Waals surface area contributed by atoms with E-state index in [0.717, 1.165) is 32.7 Å². The van der Waals surface area contributed by atoms with Crippen molar-refractivity contribution in [2.45, 2.75) is 32.7 Å². The zero-order chi connectivity index (χ0) is 13.7. The summed E-state index contributed by atoms with van der Waals surface area (Å²) in [5.41, 5.74) is 4.30. The van der Waals surface area contributed by atoms with Gasteiger partial charge in [-0.25, -0.2) is 0 Å². The summed E-state index contributed by atoms with van der Waals surface area (Å²) >= 11 is 0. The Morgan fingerprint density at radius 3 is 3.00 bits per heavy atom. The molecule has 0 saturated carbocycles. The molecule has 19 heavy (non-hydrogen) atoms. The largest absolute Gasteiger partial charge is 0.382 e. The maximum atomic E-state index is 5.41. The smallest absolute Gasteiger partial charge is 0.0482 e. The van der Waals surface area contributed by atoms with E-state index in [1.165, 1.54) is 23.2 Å². The first-order valence-electron chi connectivity index (χ1n) is 7.39. The fourth-order valence-electron chi connectivity index (χ4n) is 2.66. The number of hydrogen-bond donors (Lipinski definition) is 1. The Labute approximate surface area is 116 Å². The standard InChI is InChI=1S/C16H26N2O/c1-4-19-11-5-9-18-10-8-15-12-14(13(2)17-3)6-7-16(15)18/h6-7,12-13,17H,4-5,8-11H2,1-3H3. The lowest BCUT2D eigenvalue weighted by atomic mass is 10.0. The molecule has 1 aliphatic heterocycles. The highest BCUT2D eigenvalue weighted by molar-refractivity contribution is 5.59. The quantitative estimate of drug-likeness (QED) is 0.765. The van der Waals surface area contributed by atoms with Crippen LogP contribution in [0.4, 0.5) is 5.69 Å². The highest BCUT2D eigenvalue weighted by Crippen LogP contribution is 2.30. The van der Waals surface area contributed by atoms with Crippen LogP contribution in [-0.2, 0) is 11.2 Å². The van der Waals surface area contributed by atoms with Gasteiger partial charge in [0, 0.05) is 38.0 Å². The van der Waals surface area contributed by atoms with E-state index in [4.69, 9.17) is 4.74 Å². The van der Waals surface area contributed by atoms with Crippen LogP contribution in [0.1, 0.15) is 37.4 Å². The Kier molecular flexibility index (Phi) is 5.23. The third-order valence-electron chi connectivity index (χ3n) is 3.95.